The second-order valence-electron chi connectivity index (χ2n) is 5.15. The van der Waals surface area contributed by atoms with E-state index in [2.05, 4.69) is 4.90 Å². The highest BCUT2D eigenvalue weighted by Crippen LogP contribution is 2.33. The lowest BCUT2D eigenvalue weighted by atomic mass is 9.89. The average Bonchev–Trinajstić information content (AvgIpc) is 2.49. The van der Waals surface area contributed by atoms with E-state index in [1.54, 1.807) is 0 Å². The first-order chi connectivity index (χ1) is 6.55. The molecule has 0 spiro atoms. The minimum absolute atomic E-state index is 0.449. The van der Waals surface area contributed by atoms with E-state index in [1.807, 2.05) is 6.92 Å². The molecule has 3 heteroatoms. The fraction of sp³-hybridized carbons (Fsp3) is 1.00. The van der Waals surface area contributed by atoms with Gasteiger partial charge in [-0.25, -0.2) is 0 Å². The summed E-state index contributed by atoms with van der Waals surface area (Å²) >= 11 is 0. The van der Waals surface area contributed by atoms with Gasteiger partial charge in [0.1, 0.15) is 0 Å². The van der Waals surface area contributed by atoms with Crippen LogP contribution in [0.25, 0.3) is 0 Å². The zero-order chi connectivity index (χ0) is 10.2. The van der Waals surface area contributed by atoms with Crippen molar-refractivity contribution in [2.24, 2.45) is 0 Å². The van der Waals surface area contributed by atoms with E-state index in [1.165, 1.54) is 0 Å². The summed E-state index contributed by atoms with van der Waals surface area (Å²) in [4.78, 5) is 2.18. The summed E-state index contributed by atoms with van der Waals surface area (Å²) in [6.45, 7) is 4.26. The molecular weight excluding hydrogens is 178 g/mol. The van der Waals surface area contributed by atoms with Gasteiger partial charge in [0.15, 0.2) is 0 Å². The van der Waals surface area contributed by atoms with Gasteiger partial charge in [-0.2, -0.15) is 0 Å². The molecule has 1 aliphatic heterocycles. The lowest BCUT2D eigenvalue weighted by molar-refractivity contribution is -0.125. The second kappa shape index (κ2) is 3.47. The Morgan fingerprint density at radius 2 is 1.64 bits per heavy atom. The van der Waals surface area contributed by atoms with Gasteiger partial charge in [0, 0.05) is 19.6 Å². The van der Waals surface area contributed by atoms with E-state index in [0.717, 1.165) is 51.7 Å². The Balaban J connectivity index is 1.78. The van der Waals surface area contributed by atoms with Crippen molar-refractivity contribution >= 4 is 0 Å². The van der Waals surface area contributed by atoms with Crippen LogP contribution in [0.3, 0.4) is 0 Å². The van der Waals surface area contributed by atoms with Crippen molar-refractivity contribution in [3.05, 3.63) is 0 Å². The molecule has 3 nitrogen and oxygen atoms in total. The van der Waals surface area contributed by atoms with Gasteiger partial charge in [0.05, 0.1) is 11.2 Å². The molecule has 0 aromatic rings. The van der Waals surface area contributed by atoms with Gasteiger partial charge in [-0.15, -0.1) is 0 Å². The number of rotatable bonds is 3. The first kappa shape index (κ1) is 10.4. The number of β-amino-alcohol motifs (C(OH)–C–C–N with tert-alkyl or cyclic N) is 2. The first-order valence-corrected chi connectivity index (χ1v) is 5.72. The lowest BCUT2D eigenvalue weighted by Crippen LogP contribution is -2.64. The molecule has 0 unspecified atom stereocenters. The van der Waals surface area contributed by atoms with Crippen LogP contribution >= 0.6 is 0 Å². The fourth-order valence-electron chi connectivity index (χ4n) is 2.73. The third-order valence-electron chi connectivity index (χ3n) is 3.75. The molecule has 0 amide bonds. The number of aliphatic hydroxyl groups is 2. The number of hydrogen-bond donors (Lipinski definition) is 2. The predicted octanol–water partition coefficient (Wildman–Crippen LogP) is 0.748. The monoisotopic (exact) mass is 199 g/mol. The molecule has 82 valence electrons. The Morgan fingerprint density at radius 3 is 2.14 bits per heavy atom. The summed E-state index contributed by atoms with van der Waals surface area (Å²) < 4.78 is 0. The van der Waals surface area contributed by atoms with Gasteiger partial charge in [-0.3, -0.25) is 4.90 Å². The standard InChI is InChI=1S/C11H21NO2/c1-2-10(13)7-12(8-10)9-11(14)5-3-4-6-11/h13-14H,2-9H2,1H3. The molecule has 14 heavy (non-hydrogen) atoms. The lowest BCUT2D eigenvalue weighted by Gasteiger charge is -2.48. The Morgan fingerprint density at radius 1 is 1.07 bits per heavy atom. The second-order valence-corrected chi connectivity index (χ2v) is 5.15. The van der Waals surface area contributed by atoms with Crippen LogP contribution in [-0.4, -0.2) is 45.9 Å². The van der Waals surface area contributed by atoms with Crippen molar-refractivity contribution < 1.29 is 10.2 Å². The number of hydrogen-bond acceptors (Lipinski definition) is 3. The maximum atomic E-state index is 10.1. The Labute approximate surface area is 85.7 Å². The molecule has 2 fully saturated rings. The van der Waals surface area contributed by atoms with E-state index in [4.69, 9.17) is 0 Å². The van der Waals surface area contributed by atoms with Crippen molar-refractivity contribution in [2.45, 2.75) is 50.2 Å². The van der Waals surface area contributed by atoms with Crippen molar-refractivity contribution in [3.63, 3.8) is 0 Å². The van der Waals surface area contributed by atoms with E-state index >= 15 is 0 Å². The number of nitrogens with zero attached hydrogens (tertiary/aromatic N) is 1. The zero-order valence-corrected chi connectivity index (χ0v) is 9.00. The molecule has 1 saturated heterocycles. The van der Waals surface area contributed by atoms with Gasteiger partial charge in [-0.05, 0) is 19.3 Å². The van der Waals surface area contributed by atoms with Crippen molar-refractivity contribution in [1.29, 1.82) is 0 Å². The van der Waals surface area contributed by atoms with Crippen molar-refractivity contribution in [2.75, 3.05) is 19.6 Å². The summed E-state index contributed by atoms with van der Waals surface area (Å²) in [5.41, 5.74) is -0.913. The van der Waals surface area contributed by atoms with Crippen LogP contribution in [0.5, 0.6) is 0 Å². The third-order valence-corrected chi connectivity index (χ3v) is 3.75. The van der Waals surface area contributed by atoms with Crippen molar-refractivity contribution in [3.8, 4) is 0 Å². The van der Waals surface area contributed by atoms with Gasteiger partial charge in [0.25, 0.3) is 0 Å². The van der Waals surface area contributed by atoms with Gasteiger partial charge in [0.2, 0.25) is 0 Å². The maximum Gasteiger partial charge on any atom is 0.0897 e. The summed E-state index contributed by atoms with van der Waals surface area (Å²) in [6.07, 6.45) is 5.01. The summed E-state index contributed by atoms with van der Waals surface area (Å²) in [6, 6.07) is 0. The minimum atomic E-state index is -0.463. The highest BCUT2D eigenvalue weighted by molar-refractivity contribution is 4.98. The van der Waals surface area contributed by atoms with Crippen LogP contribution in [0.2, 0.25) is 0 Å². The molecular formula is C11H21NO2. The Hall–Kier alpha value is -0.120. The predicted molar refractivity (Wildman–Crippen MR) is 55.1 cm³/mol. The molecule has 0 aromatic heterocycles. The zero-order valence-electron chi connectivity index (χ0n) is 9.00. The van der Waals surface area contributed by atoms with E-state index in [0.29, 0.717) is 0 Å². The van der Waals surface area contributed by atoms with Gasteiger partial charge >= 0.3 is 0 Å². The van der Waals surface area contributed by atoms with E-state index < -0.39 is 11.2 Å². The summed E-state index contributed by atoms with van der Waals surface area (Å²) in [7, 11) is 0. The van der Waals surface area contributed by atoms with Gasteiger partial charge < -0.3 is 10.2 Å². The average molecular weight is 199 g/mol. The van der Waals surface area contributed by atoms with Crippen LogP contribution in [-0.2, 0) is 0 Å². The molecule has 0 radical (unpaired) electrons. The first-order valence-electron chi connectivity index (χ1n) is 5.72. The SMILES string of the molecule is CCC1(O)CN(CC2(O)CCCC2)C1. The summed E-state index contributed by atoms with van der Waals surface area (Å²) in [5, 5.41) is 20.0. The van der Waals surface area contributed by atoms with Crippen LogP contribution < -0.4 is 0 Å². The number of likely N-dealkylation sites (tertiary alicyclic amines) is 1. The molecule has 1 heterocycles. The maximum absolute atomic E-state index is 10.1. The highest BCUT2D eigenvalue weighted by Gasteiger charge is 2.43. The molecule has 0 atom stereocenters. The Bertz CT molecular complexity index is 205. The molecule has 2 rings (SSSR count). The third kappa shape index (κ3) is 1.95. The topological polar surface area (TPSA) is 43.7 Å². The molecule has 0 aromatic carbocycles. The molecule has 0 bridgehead atoms. The molecule has 2 aliphatic rings. The molecule has 2 N–H and O–H groups in total. The minimum Gasteiger partial charge on any atom is -0.389 e. The summed E-state index contributed by atoms with van der Waals surface area (Å²) in [5.74, 6) is 0. The quantitative estimate of drug-likeness (QED) is 0.705. The normalized spacial score (nSPS) is 30.2. The van der Waals surface area contributed by atoms with Crippen molar-refractivity contribution in [1.82, 2.24) is 4.90 Å². The largest absolute Gasteiger partial charge is 0.389 e. The van der Waals surface area contributed by atoms with E-state index in [9.17, 15) is 10.2 Å². The van der Waals surface area contributed by atoms with Crippen LogP contribution in [0.4, 0.5) is 0 Å². The smallest absolute Gasteiger partial charge is 0.0897 e. The van der Waals surface area contributed by atoms with Crippen LogP contribution in [0.15, 0.2) is 0 Å². The molecule has 1 aliphatic carbocycles. The molecule has 1 saturated carbocycles. The van der Waals surface area contributed by atoms with Gasteiger partial charge in [-0.1, -0.05) is 19.8 Å². The van der Waals surface area contributed by atoms with E-state index in [-0.39, 0.29) is 0 Å². The van der Waals surface area contributed by atoms with Crippen LogP contribution in [0, 0.1) is 0 Å². The van der Waals surface area contributed by atoms with Crippen LogP contribution in [0.1, 0.15) is 39.0 Å². The fourth-order valence-corrected chi connectivity index (χ4v) is 2.73. The highest BCUT2D eigenvalue weighted by atomic mass is 16.3. The Kier molecular flexibility index (Phi) is 2.58.